The topological polar surface area (TPSA) is 54.5 Å². The van der Waals surface area contributed by atoms with Crippen LogP contribution in [0.1, 0.15) is 62.9 Å². The van der Waals surface area contributed by atoms with Crippen molar-refractivity contribution in [3.63, 3.8) is 0 Å². The highest BCUT2D eigenvalue weighted by Crippen LogP contribution is 2.43. The van der Waals surface area contributed by atoms with E-state index in [2.05, 4.69) is 96.0 Å². The van der Waals surface area contributed by atoms with E-state index in [1.54, 1.807) is 0 Å². The number of allylic oxidation sites excluding steroid dienone is 1. The molecule has 2 aliphatic heterocycles. The number of likely N-dealkylation sites (tertiary alicyclic amines) is 1. The van der Waals surface area contributed by atoms with Gasteiger partial charge in [0, 0.05) is 47.1 Å². The Morgan fingerprint density at radius 2 is 1.89 bits per heavy atom. The van der Waals surface area contributed by atoms with Crippen molar-refractivity contribution < 1.29 is 5.11 Å². The minimum absolute atomic E-state index is 0.0732. The number of unbranched alkanes of at least 4 members (excludes halogenated alkanes) is 1. The van der Waals surface area contributed by atoms with Crippen molar-refractivity contribution in [1.82, 2.24) is 14.8 Å². The Kier molecular flexibility index (Phi) is 6.90. The number of anilines is 1. The van der Waals surface area contributed by atoms with Crippen molar-refractivity contribution in [2.75, 3.05) is 25.0 Å². The Bertz CT molecular complexity index is 1170. The average Bonchev–Trinajstić information content (AvgIpc) is 3.41. The van der Waals surface area contributed by atoms with E-state index in [4.69, 9.17) is 0 Å². The number of fused-ring (bicyclic) bond motifs is 3. The molecule has 1 fully saturated rings. The van der Waals surface area contributed by atoms with Crippen LogP contribution >= 0.6 is 0 Å². The Labute approximate surface area is 209 Å². The quantitative estimate of drug-likeness (QED) is 0.395. The van der Waals surface area contributed by atoms with Gasteiger partial charge in [0.2, 0.25) is 0 Å². The number of aromatic nitrogens is 1. The number of benzene rings is 2. The molecule has 2 aromatic carbocycles. The fourth-order valence-electron chi connectivity index (χ4n) is 6.01. The van der Waals surface area contributed by atoms with Crippen LogP contribution in [0.3, 0.4) is 0 Å². The maximum absolute atomic E-state index is 10.6. The lowest BCUT2D eigenvalue weighted by Crippen LogP contribution is -2.41. The summed E-state index contributed by atoms with van der Waals surface area (Å²) >= 11 is 0. The van der Waals surface area contributed by atoms with E-state index in [-0.39, 0.29) is 18.2 Å². The molecule has 0 radical (unpaired) electrons. The van der Waals surface area contributed by atoms with Crippen LogP contribution in [-0.2, 0) is 6.42 Å². The lowest BCUT2D eigenvalue weighted by Gasteiger charge is -2.43. The molecule has 0 aliphatic carbocycles. The Morgan fingerprint density at radius 1 is 1.11 bits per heavy atom. The summed E-state index contributed by atoms with van der Waals surface area (Å²) in [6.07, 6.45) is 3.99. The summed E-state index contributed by atoms with van der Waals surface area (Å²) in [5, 5.41) is 15.5. The first-order chi connectivity index (χ1) is 17.0. The number of nitrogens with zero attached hydrogens (tertiary/aromatic N) is 2. The number of para-hydroxylation sites is 1. The molecule has 3 N–H and O–H groups in total. The van der Waals surface area contributed by atoms with Gasteiger partial charge in [0.25, 0.3) is 0 Å². The fraction of sp³-hybridized carbons (Fsp3) is 0.467. The van der Waals surface area contributed by atoms with E-state index < -0.39 is 0 Å². The highest BCUT2D eigenvalue weighted by Gasteiger charge is 2.36. The van der Waals surface area contributed by atoms with Gasteiger partial charge in [-0.25, -0.2) is 0 Å². The molecule has 3 unspecified atom stereocenters. The van der Waals surface area contributed by atoms with E-state index in [0.717, 1.165) is 38.2 Å². The molecular weight excluding hydrogens is 432 g/mol. The zero-order chi connectivity index (χ0) is 24.5. The van der Waals surface area contributed by atoms with Gasteiger partial charge in [-0.2, -0.15) is 0 Å². The molecule has 0 amide bonds. The maximum atomic E-state index is 10.6. The fourth-order valence-corrected chi connectivity index (χ4v) is 6.01. The number of aliphatic hydroxyl groups is 1. The van der Waals surface area contributed by atoms with Gasteiger partial charge in [0.05, 0.1) is 18.2 Å². The lowest BCUT2D eigenvalue weighted by molar-refractivity contribution is 0.169. The molecule has 1 aromatic heterocycles. The van der Waals surface area contributed by atoms with Gasteiger partial charge in [-0.05, 0) is 62.1 Å². The minimum Gasteiger partial charge on any atom is -0.390 e. The molecule has 1 saturated heterocycles. The summed E-state index contributed by atoms with van der Waals surface area (Å²) in [6, 6.07) is 18.0. The molecule has 0 bridgehead atoms. The molecule has 186 valence electrons. The van der Waals surface area contributed by atoms with Crippen LogP contribution in [0.4, 0.5) is 5.69 Å². The van der Waals surface area contributed by atoms with Crippen LogP contribution in [0.5, 0.6) is 0 Å². The van der Waals surface area contributed by atoms with Crippen molar-refractivity contribution in [3.8, 4) is 0 Å². The summed E-state index contributed by atoms with van der Waals surface area (Å²) in [4.78, 5) is 8.63. The Hall–Kier alpha value is -2.76. The number of nitrogens with one attached hydrogen (secondary N) is 2. The van der Waals surface area contributed by atoms with Gasteiger partial charge in [0.1, 0.15) is 0 Å². The van der Waals surface area contributed by atoms with E-state index in [0.29, 0.717) is 6.04 Å². The smallest absolute Gasteiger partial charge is 0.0947 e. The first kappa shape index (κ1) is 24.0. The summed E-state index contributed by atoms with van der Waals surface area (Å²) in [5.74, 6) is 0. The van der Waals surface area contributed by atoms with Crippen LogP contribution < -0.4 is 5.32 Å². The zero-order valence-corrected chi connectivity index (χ0v) is 21.4. The van der Waals surface area contributed by atoms with Gasteiger partial charge in [0.15, 0.2) is 0 Å². The predicted octanol–water partition coefficient (Wildman–Crippen LogP) is 5.68. The first-order valence-corrected chi connectivity index (χ1v) is 13.3. The molecule has 3 aromatic rings. The third kappa shape index (κ3) is 4.60. The SMILES string of the molecule is C=C(CC)N1C(c2ccc(NC3CN(CCCC)CC3O)cc2)c2[nH]c3ccccc3c2C[C@H]1C. The van der Waals surface area contributed by atoms with Crippen LogP contribution in [0.2, 0.25) is 0 Å². The number of hydrogen-bond acceptors (Lipinski definition) is 4. The van der Waals surface area contributed by atoms with Gasteiger partial charge in [-0.3, -0.25) is 4.90 Å². The molecular formula is C30H40N4O. The second-order valence-electron chi connectivity index (χ2n) is 10.4. The summed E-state index contributed by atoms with van der Waals surface area (Å²) in [5.41, 5.74) is 7.44. The zero-order valence-electron chi connectivity index (χ0n) is 21.4. The summed E-state index contributed by atoms with van der Waals surface area (Å²) in [6.45, 7) is 13.9. The summed E-state index contributed by atoms with van der Waals surface area (Å²) in [7, 11) is 0. The number of aromatic amines is 1. The van der Waals surface area contributed by atoms with Crippen molar-refractivity contribution in [2.24, 2.45) is 0 Å². The van der Waals surface area contributed by atoms with Gasteiger partial charge in [-0.15, -0.1) is 0 Å². The molecule has 3 heterocycles. The van der Waals surface area contributed by atoms with E-state index in [9.17, 15) is 5.11 Å². The third-order valence-electron chi connectivity index (χ3n) is 7.92. The monoisotopic (exact) mass is 472 g/mol. The van der Waals surface area contributed by atoms with Crippen LogP contribution in [0.25, 0.3) is 10.9 Å². The molecule has 5 nitrogen and oxygen atoms in total. The predicted molar refractivity (Wildman–Crippen MR) is 146 cm³/mol. The van der Waals surface area contributed by atoms with Crippen LogP contribution in [0, 0.1) is 0 Å². The standard InChI is InChI=1S/C30H40N4O/c1-5-7-16-33-18-27(28(35)19-33)31-23-14-12-22(13-15-23)30-29-25(17-21(4)34(30)20(3)6-2)24-10-8-9-11-26(24)32-29/h8-15,21,27-28,30-32,35H,3,5-7,16-19H2,1-2,4H3/t21-,27?,28?,30?/m1/s1. The lowest BCUT2D eigenvalue weighted by atomic mass is 9.88. The number of rotatable bonds is 8. The first-order valence-electron chi connectivity index (χ1n) is 13.3. The van der Waals surface area contributed by atoms with Crippen LogP contribution in [0.15, 0.2) is 60.8 Å². The normalized spacial score (nSPS) is 24.6. The second kappa shape index (κ2) is 10.1. The number of hydrogen-bond donors (Lipinski definition) is 3. The third-order valence-corrected chi connectivity index (χ3v) is 7.92. The van der Waals surface area contributed by atoms with Crippen molar-refractivity contribution in [2.45, 2.75) is 70.7 Å². The average molecular weight is 473 g/mol. The highest BCUT2D eigenvalue weighted by molar-refractivity contribution is 5.85. The molecule has 4 atom stereocenters. The Morgan fingerprint density at radius 3 is 2.63 bits per heavy atom. The highest BCUT2D eigenvalue weighted by atomic mass is 16.3. The molecule has 5 heteroatoms. The second-order valence-corrected chi connectivity index (χ2v) is 10.4. The van der Waals surface area contributed by atoms with Gasteiger partial charge >= 0.3 is 0 Å². The van der Waals surface area contributed by atoms with E-state index >= 15 is 0 Å². The number of β-amino-alcohol motifs (C(OH)–C–C–N with tert-alkyl or cyclic N) is 1. The molecule has 0 saturated carbocycles. The van der Waals surface area contributed by atoms with Crippen molar-refractivity contribution >= 4 is 16.6 Å². The maximum Gasteiger partial charge on any atom is 0.0947 e. The number of aliphatic hydroxyl groups excluding tert-OH is 1. The van der Waals surface area contributed by atoms with Crippen LogP contribution in [-0.4, -0.2) is 57.7 Å². The van der Waals surface area contributed by atoms with Gasteiger partial charge in [-0.1, -0.05) is 57.2 Å². The van der Waals surface area contributed by atoms with E-state index in [1.165, 1.54) is 46.3 Å². The molecule has 0 spiro atoms. The van der Waals surface area contributed by atoms with Crippen molar-refractivity contribution in [1.29, 1.82) is 0 Å². The largest absolute Gasteiger partial charge is 0.390 e. The Balaban J connectivity index is 1.42. The molecule has 2 aliphatic rings. The van der Waals surface area contributed by atoms with Crippen molar-refractivity contribution in [3.05, 3.63) is 77.6 Å². The molecule has 35 heavy (non-hydrogen) atoms. The van der Waals surface area contributed by atoms with Gasteiger partial charge < -0.3 is 20.3 Å². The summed E-state index contributed by atoms with van der Waals surface area (Å²) < 4.78 is 0. The number of H-pyrrole nitrogens is 1. The molecule has 5 rings (SSSR count). The van der Waals surface area contributed by atoms with E-state index in [1.807, 2.05) is 0 Å². The minimum atomic E-state index is -0.331.